The molecule has 1 saturated heterocycles. The molecule has 1 aliphatic rings. The molecule has 38 heavy (non-hydrogen) atoms. The number of aromatic nitrogens is 2. The lowest BCUT2D eigenvalue weighted by molar-refractivity contribution is 0.0376. The molecule has 1 aliphatic heterocycles. The first-order valence-electron chi connectivity index (χ1n) is 13.0. The molecule has 6 rings (SSSR count). The van der Waals surface area contributed by atoms with Crippen LogP contribution < -0.4 is 4.90 Å². The van der Waals surface area contributed by atoms with E-state index in [1.54, 1.807) is 22.7 Å². The molecule has 0 saturated carbocycles. The lowest BCUT2D eigenvalue weighted by Crippen LogP contribution is -2.39. The van der Waals surface area contributed by atoms with Crippen LogP contribution in [-0.2, 0) is 4.74 Å². The summed E-state index contributed by atoms with van der Waals surface area (Å²) in [7, 11) is 0. The number of hydrogen-bond acceptors (Lipinski definition) is 7. The highest BCUT2D eigenvalue weighted by atomic mass is 32.1. The zero-order valence-corrected chi connectivity index (χ0v) is 23.3. The number of aryl methyl sites for hydroxylation is 2. The number of para-hydroxylation sites is 1. The maximum absolute atomic E-state index is 14.4. The number of nitrogens with zero attached hydrogens (tertiary/aromatic N) is 4. The van der Waals surface area contributed by atoms with E-state index in [1.807, 2.05) is 46.7 Å². The van der Waals surface area contributed by atoms with Gasteiger partial charge in [-0.3, -0.25) is 14.6 Å². The number of benzene rings is 2. The van der Waals surface area contributed by atoms with Crippen molar-refractivity contribution in [1.82, 2.24) is 14.9 Å². The van der Waals surface area contributed by atoms with Gasteiger partial charge in [0, 0.05) is 31.6 Å². The highest BCUT2D eigenvalue weighted by Crippen LogP contribution is 2.34. The Labute approximate surface area is 230 Å². The molecule has 3 aromatic heterocycles. The van der Waals surface area contributed by atoms with E-state index in [1.165, 1.54) is 5.56 Å². The summed E-state index contributed by atoms with van der Waals surface area (Å²) in [5.41, 5.74) is 5.63. The van der Waals surface area contributed by atoms with Crippen LogP contribution in [0.2, 0.25) is 0 Å². The second kappa shape index (κ2) is 10.9. The quantitative estimate of drug-likeness (QED) is 0.233. The van der Waals surface area contributed by atoms with Crippen molar-refractivity contribution in [1.29, 1.82) is 0 Å². The van der Waals surface area contributed by atoms with Gasteiger partial charge in [0.1, 0.15) is 0 Å². The van der Waals surface area contributed by atoms with Crippen molar-refractivity contribution in [3.05, 3.63) is 76.7 Å². The fourth-order valence-electron chi connectivity index (χ4n) is 5.08. The molecule has 1 fully saturated rings. The first-order chi connectivity index (χ1) is 18.6. The zero-order chi connectivity index (χ0) is 26.1. The van der Waals surface area contributed by atoms with Crippen molar-refractivity contribution < 1.29 is 9.53 Å². The van der Waals surface area contributed by atoms with Gasteiger partial charge in [0.25, 0.3) is 5.91 Å². The van der Waals surface area contributed by atoms with Gasteiger partial charge in [-0.2, -0.15) is 0 Å². The van der Waals surface area contributed by atoms with Gasteiger partial charge in [0.15, 0.2) is 5.13 Å². The van der Waals surface area contributed by atoms with Gasteiger partial charge in [-0.15, -0.1) is 11.3 Å². The summed E-state index contributed by atoms with van der Waals surface area (Å²) in [6.45, 7) is 9.13. The van der Waals surface area contributed by atoms with Crippen LogP contribution in [0, 0.1) is 13.8 Å². The third-order valence-electron chi connectivity index (χ3n) is 6.97. The predicted molar refractivity (Wildman–Crippen MR) is 158 cm³/mol. The van der Waals surface area contributed by atoms with Crippen LogP contribution in [0.4, 0.5) is 5.13 Å². The van der Waals surface area contributed by atoms with E-state index >= 15 is 0 Å². The molecular weight excluding hydrogens is 512 g/mol. The Morgan fingerprint density at radius 2 is 1.89 bits per heavy atom. The van der Waals surface area contributed by atoms with Gasteiger partial charge < -0.3 is 4.74 Å². The first kappa shape index (κ1) is 25.1. The molecule has 0 spiro atoms. The van der Waals surface area contributed by atoms with Gasteiger partial charge in [0.05, 0.1) is 45.1 Å². The van der Waals surface area contributed by atoms with Crippen molar-refractivity contribution in [2.24, 2.45) is 0 Å². The average Bonchev–Trinajstić information content (AvgIpc) is 3.62. The summed E-state index contributed by atoms with van der Waals surface area (Å²) in [4.78, 5) is 29.7. The van der Waals surface area contributed by atoms with E-state index in [2.05, 4.69) is 36.9 Å². The molecular formula is C30H30N4O2S2. The maximum atomic E-state index is 14.4. The Morgan fingerprint density at radius 3 is 2.71 bits per heavy atom. The second-order valence-electron chi connectivity index (χ2n) is 9.74. The third kappa shape index (κ3) is 5.09. The number of carbonyl (C=O) groups excluding carboxylic acids is 1. The highest BCUT2D eigenvalue weighted by molar-refractivity contribution is 7.22. The number of hydrogen-bond donors (Lipinski definition) is 0. The Hall–Kier alpha value is -3.17. The summed E-state index contributed by atoms with van der Waals surface area (Å²) in [6.07, 6.45) is 0.862. The number of amides is 1. The largest absolute Gasteiger partial charge is 0.379 e. The number of anilines is 1. The zero-order valence-electron chi connectivity index (χ0n) is 21.6. The van der Waals surface area contributed by atoms with Crippen molar-refractivity contribution in [3.8, 4) is 10.6 Å². The Kier molecular flexibility index (Phi) is 7.21. The first-order valence-corrected chi connectivity index (χ1v) is 14.7. The van der Waals surface area contributed by atoms with E-state index in [-0.39, 0.29) is 5.91 Å². The molecule has 0 aliphatic carbocycles. The van der Waals surface area contributed by atoms with Crippen LogP contribution in [0.1, 0.15) is 27.9 Å². The number of rotatable bonds is 7. The SMILES string of the molecule is Cc1cc(C)c2nc(N(CCCN3CCOCC3)C(=O)c3cc(-c4cccs4)nc4ccccc34)sc2c1. The van der Waals surface area contributed by atoms with E-state index < -0.39 is 0 Å². The van der Waals surface area contributed by atoms with Crippen molar-refractivity contribution >= 4 is 54.8 Å². The predicted octanol–water partition coefficient (Wildman–Crippen LogP) is 6.56. The minimum atomic E-state index is -0.0307. The van der Waals surface area contributed by atoms with Crippen molar-refractivity contribution in [2.45, 2.75) is 20.3 Å². The number of pyridine rings is 1. The summed E-state index contributed by atoms with van der Waals surface area (Å²) in [5, 5.41) is 3.65. The molecule has 2 aromatic carbocycles. The fourth-order valence-corrected chi connectivity index (χ4v) is 6.94. The number of ether oxygens (including phenoxy) is 1. The Morgan fingerprint density at radius 1 is 1.05 bits per heavy atom. The van der Waals surface area contributed by atoms with Gasteiger partial charge in [-0.05, 0) is 61.0 Å². The molecule has 194 valence electrons. The van der Waals surface area contributed by atoms with Crippen molar-refractivity contribution in [3.63, 3.8) is 0 Å². The van der Waals surface area contributed by atoms with Crippen LogP contribution in [0.5, 0.6) is 0 Å². The van der Waals surface area contributed by atoms with Gasteiger partial charge in [0.2, 0.25) is 0 Å². The van der Waals surface area contributed by atoms with Crippen LogP contribution in [0.25, 0.3) is 31.7 Å². The minimum Gasteiger partial charge on any atom is -0.379 e. The smallest absolute Gasteiger partial charge is 0.260 e. The molecule has 0 bridgehead atoms. The Balaban J connectivity index is 1.40. The standard InChI is InChI=1S/C30H30N4O2S2/c1-20-17-21(2)28-27(18-20)38-30(32-28)34(11-6-10-33-12-14-36-15-13-33)29(35)23-19-25(26-9-5-16-37-26)31-24-8-4-3-7-22(23)24/h3-5,7-9,16-19H,6,10-15H2,1-2H3. The summed E-state index contributed by atoms with van der Waals surface area (Å²) in [6, 6.07) is 18.3. The van der Waals surface area contributed by atoms with E-state index in [0.717, 1.165) is 81.7 Å². The maximum Gasteiger partial charge on any atom is 0.260 e. The number of thiophene rings is 1. The third-order valence-corrected chi connectivity index (χ3v) is 8.89. The number of thiazole rings is 1. The summed E-state index contributed by atoms with van der Waals surface area (Å²) >= 11 is 3.23. The van der Waals surface area contributed by atoms with Gasteiger partial charge >= 0.3 is 0 Å². The topological polar surface area (TPSA) is 58.6 Å². The molecule has 0 unspecified atom stereocenters. The minimum absolute atomic E-state index is 0.0307. The van der Waals surface area contributed by atoms with Crippen molar-refractivity contribution in [2.75, 3.05) is 44.3 Å². The van der Waals surface area contributed by atoms with E-state index in [9.17, 15) is 4.79 Å². The van der Waals surface area contributed by atoms with Crippen LogP contribution in [0.15, 0.2) is 60.0 Å². The number of morpholine rings is 1. The van der Waals surface area contributed by atoms with Crippen LogP contribution in [0.3, 0.4) is 0 Å². The van der Waals surface area contributed by atoms with E-state index in [4.69, 9.17) is 14.7 Å². The van der Waals surface area contributed by atoms with Crippen LogP contribution >= 0.6 is 22.7 Å². The highest BCUT2D eigenvalue weighted by Gasteiger charge is 2.25. The van der Waals surface area contributed by atoms with E-state index in [0.29, 0.717) is 12.1 Å². The van der Waals surface area contributed by atoms with Gasteiger partial charge in [-0.25, -0.2) is 9.97 Å². The molecule has 1 amide bonds. The molecule has 4 heterocycles. The Bertz CT molecular complexity index is 1590. The lowest BCUT2D eigenvalue weighted by atomic mass is 10.1. The average molecular weight is 543 g/mol. The number of carbonyl (C=O) groups is 1. The molecule has 0 radical (unpaired) electrons. The molecule has 8 heteroatoms. The summed E-state index contributed by atoms with van der Waals surface area (Å²) in [5.74, 6) is -0.0307. The lowest BCUT2D eigenvalue weighted by Gasteiger charge is -2.28. The molecule has 0 N–H and O–H groups in total. The summed E-state index contributed by atoms with van der Waals surface area (Å²) < 4.78 is 6.62. The monoisotopic (exact) mass is 542 g/mol. The molecule has 6 nitrogen and oxygen atoms in total. The molecule has 5 aromatic rings. The normalized spacial score (nSPS) is 14.4. The number of fused-ring (bicyclic) bond motifs is 2. The van der Waals surface area contributed by atoms with Crippen LogP contribution in [-0.4, -0.2) is 60.2 Å². The fraction of sp³-hybridized carbons (Fsp3) is 0.300. The second-order valence-corrected chi connectivity index (χ2v) is 11.7. The molecule has 0 atom stereocenters. The van der Waals surface area contributed by atoms with Gasteiger partial charge in [-0.1, -0.05) is 41.7 Å².